The Balaban J connectivity index is 2.53. The number of methoxy groups -OCH3 is 1. The van der Waals surface area contributed by atoms with Crippen molar-refractivity contribution in [2.45, 2.75) is 12.3 Å². The molecule has 1 unspecified atom stereocenters. The Morgan fingerprint density at radius 1 is 1.39 bits per heavy atom. The van der Waals surface area contributed by atoms with Gasteiger partial charge in [0.15, 0.2) is 0 Å². The quantitative estimate of drug-likeness (QED) is 0.805. The van der Waals surface area contributed by atoms with E-state index in [0.29, 0.717) is 17.3 Å². The third-order valence-electron chi connectivity index (χ3n) is 2.78. The van der Waals surface area contributed by atoms with Crippen LogP contribution in [-0.4, -0.2) is 27.1 Å². The molecule has 1 atom stereocenters. The highest BCUT2D eigenvalue weighted by atomic mass is 16.5. The van der Waals surface area contributed by atoms with Gasteiger partial charge in [-0.2, -0.15) is 20.3 Å². The van der Waals surface area contributed by atoms with E-state index in [1.807, 2.05) is 0 Å². The lowest BCUT2D eigenvalue weighted by atomic mass is 9.85. The van der Waals surface area contributed by atoms with Gasteiger partial charge in [0, 0.05) is 13.1 Å². The number of hydrogen-bond acceptors (Lipinski definition) is 5. The summed E-state index contributed by atoms with van der Waals surface area (Å²) >= 11 is 0. The topological polar surface area (TPSA) is 76.6 Å². The number of aromatic nitrogens is 4. The number of ether oxygens (including phenoxy) is 1. The van der Waals surface area contributed by atoms with Gasteiger partial charge in [0.1, 0.15) is 11.1 Å². The Morgan fingerprint density at radius 2 is 2.17 bits per heavy atom. The van der Waals surface area contributed by atoms with Gasteiger partial charge < -0.3 is 4.74 Å². The van der Waals surface area contributed by atoms with E-state index in [1.54, 1.807) is 38.4 Å². The van der Waals surface area contributed by atoms with Crippen LogP contribution in [0.15, 0.2) is 24.4 Å². The molecule has 0 bridgehead atoms. The van der Waals surface area contributed by atoms with E-state index in [0.717, 1.165) is 0 Å². The molecule has 2 rings (SSSR count). The van der Waals surface area contributed by atoms with Crippen LogP contribution in [0.2, 0.25) is 0 Å². The third kappa shape index (κ3) is 1.91. The molecule has 0 spiro atoms. The van der Waals surface area contributed by atoms with Crippen LogP contribution < -0.4 is 4.74 Å². The summed E-state index contributed by atoms with van der Waals surface area (Å²) in [5.74, 6) is 0.470. The normalized spacial score (nSPS) is 13.7. The van der Waals surface area contributed by atoms with Crippen LogP contribution in [0.4, 0.5) is 0 Å². The Hall–Kier alpha value is -2.42. The zero-order valence-corrected chi connectivity index (χ0v) is 10.5. The van der Waals surface area contributed by atoms with Gasteiger partial charge in [0.25, 0.3) is 0 Å². The number of rotatable bonds is 3. The van der Waals surface area contributed by atoms with Gasteiger partial charge in [0.2, 0.25) is 5.88 Å². The molecule has 0 N–H and O–H groups in total. The standard InChI is InChI=1S/C12H13N5O/c1-12(8-13,10-7-14-17(2)16-10)9-5-4-6-11(15-9)18-3/h4-7H,1-3H3. The number of pyridine rings is 1. The molecular weight excluding hydrogens is 230 g/mol. The maximum absolute atomic E-state index is 9.46. The van der Waals surface area contributed by atoms with Crippen LogP contribution in [-0.2, 0) is 12.5 Å². The van der Waals surface area contributed by atoms with Crippen LogP contribution in [0.3, 0.4) is 0 Å². The number of aryl methyl sites for hydroxylation is 1. The molecule has 92 valence electrons. The maximum atomic E-state index is 9.46. The molecule has 0 aliphatic rings. The average molecular weight is 243 g/mol. The molecule has 0 saturated carbocycles. The molecule has 0 aromatic carbocycles. The van der Waals surface area contributed by atoms with E-state index < -0.39 is 5.41 Å². The molecule has 0 aliphatic heterocycles. The van der Waals surface area contributed by atoms with E-state index in [2.05, 4.69) is 21.3 Å². The predicted octanol–water partition coefficient (Wildman–Crippen LogP) is 1.05. The van der Waals surface area contributed by atoms with Crippen molar-refractivity contribution in [3.8, 4) is 11.9 Å². The van der Waals surface area contributed by atoms with Crippen molar-refractivity contribution < 1.29 is 4.74 Å². The van der Waals surface area contributed by atoms with Gasteiger partial charge in [0.05, 0.1) is 25.1 Å². The molecule has 0 saturated heterocycles. The highest BCUT2D eigenvalue weighted by molar-refractivity contribution is 5.37. The SMILES string of the molecule is COc1cccc(C(C)(C#N)c2cnn(C)n2)n1. The van der Waals surface area contributed by atoms with Crippen molar-refractivity contribution in [2.24, 2.45) is 7.05 Å². The predicted molar refractivity (Wildman–Crippen MR) is 63.9 cm³/mol. The second kappa shape index (κ2) is 4.45. The highest BCUT2D eigenvalue weighted by Gasteiger charge is 2.33. The largest absolute Gasteiger partial charge is 0.481 e. The third-order valence-corrected chi connectivity index (χ3v) is 2.78. The molecule has 18 heavy (non-hydrogen) atoms. The minimum Gasteiger partial charge on any atom is -0.481 e. The Morgan fingerprint density at radius 3 is 2.72 bits per heavy atom. The van der Waals surface area contributed by atoms with Crippen molar-refractivity contribution in [1.82, 2.24) is 20.0 Å². The molecule has 0 radical (unpaired) electrons. The zero-order chi connectivity index (χ0) is 13.2. The van der Waals surface area contributed by atoms with E-state index in [-0.39, 0.29) is 0 Å². The van der Waals surface area contributed by atoms with Gasteiger partial charge >= 0.3 is 0 Å². The summed E-state index contributed by atoms with van der Waals surface area (Å²) in [6.45, 7) is 1.76. The van der Waals surface area contributed by atoms with E-state index >= 15 is 0 Å². The minimum absolute atomic E-state index is 0.470. The summed E-state index contributed by atoms with van der Waals surface area (Å²) < 4.78 is 5.07. The lowest BCUT2D eigenvalue weighted by Crippen LogP contribution is -2.23. The van der Waals surface area contributed by atoms with Crippen LogP contribution in [0.25, 0.3) is 0 Å². The van der Waals surface area contributed by atoms with Crippen LogP contribution in [0, 0.1) is 11.3 Å². The summed E-state index contributed by atoms with van der Waals surface area (Å²) in [7, 11) is 3.25. The van der Waals surface area contributed by atoms with Gasteiger partial charge in [-0.25, -0.2) is 4.98 Å². The van der Waals surface area contributed by atoms with E-state index in [4.69, 9.17) is 4.74 Å². The molecule has 6 heteroatoms. The van der Waals surface area contributed by atoms with E-state index in [9.17, 15) is 5.26 Å². The first kappa shape index (κ1) is 12.0. The van der Waals surface area contributed by atoms with Crippen molar-refractivity contribution in [3.63, 3.8) is 0 Å². The highest BCUT2D eigenvalue weighted by Crippen LogP contribution is 2.29. The smallest absolute Gasteiger partial charge is 0.213 e. The summed E-state index contributed by atoms with van der Waals surface area (Å²) in [6, 6.07) is 7.55. The lowest BCUT2D eigenvalue weighted by Gasteiger charge is -2.18. The monoisotopic (exact) mass is 243 g/mol. The fraction of sp³-hybridized carbons (Fsp3) is 0.333. The van der Waals surface area contributed by atoms with Crippen molar-refractivity contribution >= 4 is 0 Å². The first-order valence-corrected chi connectivity index (χ1v) is 5.39. The minimum atomic E-state index is -0.942. The van der Waals surface area contributed by atoms with Crippen molar-refractivity contribution in [3.05, 3.63) is 35.8 Å². The molecule has 2 aromatic heterocycles. The van der Waals surface area contributed by atoms with Gasteiger partial charge in [-0.05, 0) is 13.0 Å². The molecule has 0 amide bonds. The number of nitriles is 1. The first-order valence-electron chi connectivity index (χ1n) is 5.39. The zero-order valence-electron chi connectivity index (χ0n) is 10.5. The van der Waals surface area contributed by atoms with Gasteiger partial charge in [-0.15, -0.1) is 0 Å². The molecule has 2 aromatic rings. The molecule has 0 aliphatic carbocycles. The number of hydrogen-bond donors (Lipinski definition) is 0. The molecule has 0 fully saturated rings. The van der Waals surface area contributed by atoms with E-state index in [1.165, 1.54) is 11.9 Å². The van der Waals surface area contributed by atoms with Crippen LogP contribution >= 0.6 is 0 Å². The first-order chi connectivity index (χ1) is 8.60. The maximum Gasteiger partial charge on any atom is 0.213 e. The molecule has 6 nitrogen and oxygen atoms in total. The molecular formula is C12H13N5O. The van der Waals surface area contributed by atoms with Crippen molar-refractivity contribution in [1.29, 1.82) is 5.26 Å². The fourth-order valence-electron chi connectivity index (χ4n) is 1.63. The van der Waals surface area contributed by atoms with Crippen molar-refractivity contribution in [2.75, 3.05) is 7.11 Å². The summed E-state index contributed by atoms with van der Waals surface area (Å²) in [5, 5.41) is 17.6. The van der Waals surface area contributed by atoms with Crippen LogP contribution in [0.1, 0.15) is 18.3 Å². The van der Waals surface area contributed by atoms with Gasteiger partial charge in [-0.3, -0.25) is 0 Å². The second-order valence-corrected chi connectivity index (χ2v) is 4.02. The summed E-state index contributed by atoms with van der Waals surface area (Å²) in [5.41, 5.74) is 0.209. The van der Waals surface area contributed by atoms with Crippen LogP contribution in [0.5, 0.6) is 5.88 Å². The van der Waals surface area contributed by atoms with Gasteiger partial charge in [-0.1, -0.05) is 6.07 Å². The summed E-state index contributed by atoms with van der Waals surface area (Å²) in [6.07, 6.45) is 1.57. The lowest BCUT2D eigenvalue weighted by molar-refractivity contribution is 0.394. The Kier molecular flexibility index (Phi) is 2.98. The molecule has 2 heterocycles. The Bertz CT molecular complexity index is 601. The Labute approximate surface area is 105 Å². The fourth-order valence-corrected chi connectivity index (χ4v) is 1.63. The number of nitrogens with zero attached hydrogens (tertiary/aromatic N) is 5. The summed E-state index contributed by atoms with van der Waals surface area (Å²) in [4.78, 5) is 5.72. The second-order valence-electron chi connectivity index (χ2n) is 4.02. The average Bonchev–Trinajstić information content (AvgIpc) is 2.85.